The Kier molecular flexibility index (Phi) is 10.7. The van der Waals surface area contributed by atoms with Crippen LogP contribution in [0.25, 0.3) is 0 Å². The zero-order valence-electron chi connectivity index (χ0n) is 18.9. The largest absolute Gasteiger partial charge is 0.444 e. The molecule has 0 saturated carbocycles. The van der Waals surface area contributed by atoms with Gasteiger partial charge < -0.3 is 24.4 Å². The number of nitrogens with zero attached hydrogens (tertiary/aromatic N) is 5. The van der Waals surface area contributed by atoms with Crippen LogP contribution in [0.4, 0.5) is 4.79 Å². The van der Waals surface area contributed by atoms with E-state index in [0.717, 1.165) is 49.4 Å². The molecule has 8 nitrogen and oxygen atoms in total. The first-order valence-electron chi connectivity index (χ1n) is 10.0. The summed E-state index contributed by atoms with van der Waals surface area (Å²) >= 11 is 6.07. The first kappa shape index (κ1) is 26.8. The smallest absolute Gasteiger partial charge is 0.410 e. The molecule has 0 unspecified atom stereocenters. The zero-order valence-corrected chi connectivity index (χ0v) is 22.0. The fourth-order valence-corrected chi connectivity index (χ4v) is 3.50. The average molecular weight is 555 g/mol. The lowest BCUT2D eigenvalue weighted by atomic mass is 10.2. The van der Waals surface area contributed by atoms with Crippen LogP contribution in [0.2, 0.25) is 5.02 Å². The van der Waals surface area contributed by atoms with Gasteiger partial charge in [-0.25, -0.2) is 4.79 Å². The Morgan fingerprint density at radius 2 is 1.93 bits per heavy atom. The summed E-state index contributed by atoms with van der Waals surface area (Å²) < 4.78 is 7.47. The van der Waals surface area contributed by atoms with Crippen molar-refractivity contribution in [1.29, 1.82) is 0 Å². The molecule has 2 rings (SSSR count). The minimum absolute atomic E-state index is 0. The molecular formula is C20H36ClIN6O2. The number of halogens is 2. The lowest BCUT2D eigenvalue weighted by Crippen LogP contribution is -2.51. The first-order chi connectivity index (χ1) is 13.6. The molecule has 0 spiro atoms. The van der Waals surface area contributed by atoms with Gasteiger partial charge in [0.05, 0.1) is 11.6 Å². The van der Waals surface area contributed by atoms with Crippen LogP contribution in [-0.2, 0) is 18.3 Å². The minimum atomic E-state index is -0.454. The molecule has 2 heterocycles. The van der Waals surface area contributed by atoms with Gasteiger partial charge in [-0.1, -0.05) is 11.6 Å². The predicted octanol–water partition coefficient (Wildman–Crippen LogP) is 2.86. The van der Waals surface area contributed by atoms with E-state index < -0.39 is 5.60 Å². The quantitative estimate of drug-likeness (QED) is 0.345. The van der Waals surface area contributed by atoms with Crippen LogP contribution in [0.5, 0.6) is 0 Å². The van der Waals surface area contributed by atoms with Gasteiger partial charge in [-0.05, 0) is 26.8 Å². The van der Waals surface area contributed by atoms with E-state index in [2.05, 4.69) is 20.1 Å². The van der Waals surface area contributed by atoms with Crippen LogP contribution in [-0.4, -0.2) is 90.3 Å². The Labute approximate surface area is 202 Å². The Morgan fingerprint density at radius 3 is 2.43 bits per heavy atom. The van der Waals surface area contributed by atoms with Crippen LogP contribution in [0.1, 0.15) is 26.5 Å². The summed E-state index contributed by atoms with van der Waals surface area (Å²) in [5.74, 6) is 0.842. The van der Waals surface area contributed by atoms with Crippen molar-refractivity contribution in [2.75, 3.05) is 53.4 Å². The third kappa shape index (κ3) is 8.50. The van der Waals surface area contributed by atoms with Crippen molar-refractivity contribution in [3.8, 4) is 0 Å². The number of guanidine groups is 1. The molecule has 1 aromatic rings. The zero-order chi connectivity index (χ0) is 21.6. The Balaban J connectivity index is 0.00000450. The third-order valence-corrected chi connectivity index (χ3v) is 4.99. The molecule has 1 amide bonds. The molecule has 30 heavy (non-hydrogen) atoms. The van der Waals surface area contributed by atoms with Crippen molar-refractivity contribution in [2.24, 2.45) is 12.0 Å². The number of piperazine rings is 1. The van der Waals surface area contributed by atoms with E-state index in [1.165, 1.54) is 0 Å². The van der Waals surface area contributed by atoms with E-state index in [-0.39, 0.29) is 30.1 Å². The van der Waals surface area contributed by atoms with Crippen molar-refractivity contribution in [3.63, 3.8) is 0 Å². The van der Waals surface area contributed by atoms with Crippen LogP contribution in [0.15, 0.2) is 17.3 Å². The van der Waals surface area contributed by atoms with Crippen LogP contribution >= 0.6 is 35.6 Å². The van der Waals surface area contributed by atoms with Crippen LogP contribution in [0, 0.1) is 0 Å². The number of hydrogen-bond donors (Lipinski definition) is 1. The average Bonchev–Trinajstić information content (AvgIpc) is 2.94. The Morgan fingerprint density at radius 1 is 1.30 bits per heavy atom. The number of aromatic nitrogens is 1. The van der Waals surface area contributed by atoms with Crippen molar-refractivity contribution in [2.45, 2.75) is 32.9 Å². The standard InChI is InChI=1S/C20H35ClN6O2.HI/c1-20(2,3)29-19(28)27-11-9-26(10-12-27)8-7-23-18(22-4)25(6)15-17-13-16(21)14-24(17)5;/h13-14H,7-12,15H2,1-6H3,(H,22,23);1H. The molecule has 172 valence electrons. The maximum atomic E-state index is 12.2. The molecule has 0 bridgehead atoms. The second kappa shape index (κ2) is 12.0. The lowest BCUT2D eigenvalue weighted by Gasteiger charge is -2.35. The fraction of sp³-hybridized carbons (Fsp3) is 0.700. The van der Waals surface area contributed by atoms with Gasteiger partial charge in [0.2, 0.25) is 0 Å². The number of ether oxygens (including phenoxy) is 1. The highest BCUT2D eigenvalue weighted by molar-refractivity contribution is 14.0. The molecule has 10 heteroatoms. The number of carbonyl (C=O) groups excluding carboxylic acids is 1. The van der Waals surface area contributed by atoms with Gasteiger partial charge in [0.1, 0.15) is 5.60 Å². The van der Waals surface area contributed by atoms with Crippen molar-refractivity contribution < 1.29 is 9.53 Å². The number of nitrogens with one attached hydrogen (secondary N) is 1. The molecule has 1 aliphatic rings. The minimum Gasteiger partial charge on any atom is -0.444 e. The third-order valence-electron chi connectivity index (χ3n) is 4.78. The van der Waals surface area contributed by atoms with E-state index in [9.17, 15) is 4.79 Å². The maximum absolute atomic E-state index is 12.2. The van der Waals surface area contributed by atoms with Gasteiger partial charge >= 0.3 is 6.09 Å². The number of hydrogen-bond acceptors (Lipinski definition) is 4. The van der Waals surface area contributed by atoms with Gasteiger partial charge in [0.25, 0.3) is 0 Å². The van der Waals surface area contributed by atoms with Gasteiger partial charge in [0, 0.05) is 72.3 Å². The van der Waals surface area contributed by atoms with Crippen molar-refractivity contribution >= 4 is 47.6 Å². The van der Waals surface area contributed by atoms with Crippen LogP contribution in [0.3, 0.4) is 0 Å². The molecule has 0 aromatic carbocycles. The summed E-state index contributed by atoms with van der Waals surface area (Å²) in [5, 5.41) is 4.15. The molecule has 1 N–H and O–H groups in total. The molecule has 0 aliphatic carbocycles. The second-order valence-electron chi connectivity index (χ2n) is 8.40. The van der Waals surface area contributed by atoms with Gasteiger partial charge in [-0.3, -0.25) is 9.89 Å². The summed E-state index contributed by atoms with van der Waals surface area (Å²) in [6, 6.07) is 1.97. The highest BCUT2D eigenvalue weighted by Gasteiger charge is 2.25. The molecule has 1 aliphatic heterocycles. The summed E-state index contributed by atoms with van der Waals surface area (Å²) in [6.45, 7) is 11.2. The Bertz CT molecular complexity index is 711. The molecule has 1 saturated heterocycles. The molecule has 0 radical (unpaired) electrons. The van der Waals surface area contributed by atoms with Gasteiger partial charge in [-0.2, -0.15) is 0 Å². The number of amides is 1. The molecular weight excluding hydrogens is 519 g/mol. The van der Waals surface area contributed by atoms with E-state index in [0.29, 0.717) is 13.1 Å². The van der Waals surface area contributed by atoms with Crippen molar-refractivity contribution in [3.05, 3.63) is 23.0 Å². The van der Waals surface area contributed by atoms with Crippen molar-refractivity contribution in [1.82, 2.24) is 24.6 Å². The number of aryl methyl sites for hydroxylation is 1. The summed E-state index contributed by atoms with van der Waals surface area (Å²) in [4.78, 5) is 22.7. The van der Waals surface area contributed by atoms with E-state index in [4.69, 9.17) is 16.3 Å². The highest BCUT2D eigenvalue weighted by Crippen LogP contribution is 2.14. The van der Waals surface area contributed by atoms with Crippen LogP contribution < -0.4 is 5.32 Å². The van der Waals surface area contributed by atoms with Gasteiger partial charge in [-0.15, -0.1) is 24.0 Å². The highest BCUT2D eigenvalue weighted by atomic mass is 127. The number of carbonyl (C=O) groups is 1. The summed E-state index contributed by atoms with van der Waals surface area (Å²) in [6.07, 6.45) is 1.68. The summed E-state index contributed by atoms with van der Waals surface area (Å²) in [5.41, 5.74) is 0.670. The van der Waals surface area contributed by atoms with E-state index in [1.54, 1.807) is 11.9 Å². The monoisotopic (exact) mass is 554 g/mol. The molecule has 0 atom stereocenters. The molecule has 1 fully saturated rings. The predicted molar refractivity (Wildman–Crippen MR) is 133 cm³/mol. The topological polar surface area (TPSA) is 65.3 Å². The Hall–Kier alpha value is -1.20. The fourth-order valence-electron chi connectivity index (χ4n) is 3.23. The first-order valence-corrected chi connectivity index (χ1v) is 10.4. The molecule has 1 aromatic heterocycles. The van der Waals surface area contributed by atoms with E-state index in [1.807, 2.05) is 51.7 Å². The normalized spacial score (nSPS) is 15.6. The van der Waals surface area contributed by atoms with E-state index >= 15 is 0 Å². The summed E-state index contributed by atoms with van der Waals surface area (Å²) in [7, 11) is 5.79. The maximum Gasteiger partial charge on any atom is 0.410 e. The number of rotatable bonds is 5. The van der Waals surface area contributed by atoms with Gasteiger partial charge in [0.15, 0.2) is 5.96 Å². The lowest BCUT2D eigenvalue weighted by molar-refractivity contribution is 0.0147. The second-order valence-corrected chi connectivity index (χ2v) is 8.84. The SMILES string of the molecule is CN=C(NCCN1CCN(C(=O)OC(C)(C)C)CC1)N(C)Cc1cc(Cl)cn1C.I. The number of aliphatic imine (C=N–C) groups is 1.